The average Bonchev–Trinajstić information content (AvgIpc) is 2.17. The molecule has 0 N–H and O–H groups in total. The SMILES string of the molecule is CCCN1CC[N+](C)=N1. The van der Waals surface area contributed by atoms with Gasteiger partial charge in [0.1, 0.15) is 19.6 Å². The van der Waals surface area contributed by atoms with Gasteiger partial charge in [-0.05, 0) is 6.42 Å². The average molecular weight is 128 g/mol. The maximum absolute atomic E-state index is 4.24. The first-order valence-corrected chi connectivity index (χ1v) is 3.50. The summed E-state index contributed by atoms with van der Waals surface area (Å²) in [6.07, 6.45) is 1.19. The van der Waals surface area contributed by atoms with Gasteiger partial charge >= 0.3 is 0 Å². The highest BCUT2D eigenvalue weighted by molar-refractivity contribution is 4.48. The molecular weight excluding hydrogens is 114 g/mol. The molecule has 3 heteroatoms. The lowest BCUT2D eigenvalue weighted by Gasteiger charge is -1.98. The van der Waals surface area contributed by atoms with E-state index in [2.05, 4.69) is 17.2 Å². The summed E-state index contributed by atoms with van der Waals surface area (Å²) < 4.78 is 1.98. The normalized spacial score (nSPS) is 18.4. The minimum Gasteiger partial charge on any atom is -0.168 e. The van der Waals surface area contributed by atoms with Crippen molar-refractivity contribution in [1.29, 1.82) is 0 Å². The quantitative estimate of drug-likeness (QED) is 0.501. The molecule has 3 nitrogen and oxygen atoms in total. The molecule has 0 amide bonds. The maximum atomic E-state index is 4.24. The molecule has 0 saturated heterocycles. The summed E-state index contributed by atoms with van der Waals surface area (Å²) in [6, 6.07) is 0. The van der Waals surface area contributed by atoms with Gasteiger partial charge in [0.25, 0.3) is 0 Å². The van der Waals surface area contributed by atoms with Crippen molar-refractivity contribution < 1.29 is 4.70 Å². The summed E-state index contributed by atoms with van der Waals surface area (Å²) in [5.41, 5.74) is 0. The second-order valence-corrected chi connectivity index (χ2v) is 2.42. The molecule has 0 atom stereocenters. The minimum absolute atomic E-state index is 1.08. The number of hydrogen-bond donors (Lipinski definition) is 0. The zero-order valence-corrected chi connectivity index (χ0v) is 6.17. The molecule has 0 radical (unpaired) electrons. The van der Waals surface area contributed by atoms with Crippen LogP contribution in [0.5, 0.6) is 0 Å². The zero-order chi connectivity index (χ0) is 6.69. The molecule has 0 spiro atoms. The van der Waals surface area contributed by atoms with Crippen molar-refractivity contribution in [3.8, 4) is 0 Å². The minimum atomic E-state index is 1.08. The summed E-state index contributed by atoms with van der Waals surface area (Å²) in [5, 5.41) is 6.36. The maximum Gasteiger partial charge on any atom is 0.146 e. The van der Waals surface area contributed by atoms with Crippen molar-refractivity contribution in [2.45, 2.75) is 13.3 Å². The number of hydrogen-bond acceptors (Lipinski definition) is 2. The van der Waals surface area contributed by atoms with Crippen LogP contribution in [0.4, 0.5) is 0 Å². The van der Waals surface area contributed by atoms with Crippen molar-refractivity contribution in [3.63, 3.8) is 0 Å². The molecule has 0 saturated carbocycles. The first-order chi connectivity index (χ1) is 4.33. The Hall–Kier alpha value is -0.600. The van der Waals surface area contributed by atoms with Crippen LogP contribution in [-0.2, 0) is 0 Å². The molecule has 0 bridgehead atoms. The highest BCUT2D eigenvalue weighted by atomic mass is 15.6. The molecule has 0 aliphatic carbocycles. The van der Waals surface area contributed by atoms with E-state index >= 15 is 0 Å². The Balaban J connectivity index is 2.29. The first-order valence-electron chi connectivity index (χ1n) is 3.50. The molecule has 1 aliphatic rings. The van der Waals surface area contributed by atoms with Crippen LogP contribution in [0, 0.1) is 0 Å². The third kappa shape index (κ3) is 1.66. The van der Waals surface area contributed by atoms with E-state index in [0.717, 1.165) is 19.6 Å². The van der Waals surface area contributed by atoms with Crippen LogP contribution in [0.2, 0.25) is 0 Å². The second-order valence-electron chi connectivity index (χ2n) is 2.42. The van der Waals surface area contributed by atoms with E-state index in [1.54, 1.807) is 0 Å². The fraction of sp³-hybridized carbons (Fsp3) is 1.00. The Bertz CT molecular complexity index is 119. The zero-order valence-electron chi connectivity index (χ0n) is 6.17. The van der Waals surface area contributed by atoms with Crippen LogP contribution in [0.3, 0.4) is 0 Å². The molecule has 0 aromatic rings. The van der Waals surface area contributed by atoms with E-state index in [-0.39, 0.29) is 0 Å². The molecule has 52 valence electrons. The topological polar surface area (TPSA) is 18.6 Å². The lowest BCUT2D eigenvalue weighted by atomic mass is 10.4. The second kappa shape index (κ2) is 2.80. The fourth-order valence-corrected chi connectivity index (χ4v) is 0.980. The van der Waals surface area contributed by atoms with E-state index in [0.29, 0.717) is 0 Å². The van der Waals surface area contributed by atoms with Gasteiger partial charge in [-0.3, -0.25) is 0 Å². The van der Waals surface area contributed by atoms with Crippen molar-refractivity contribution in [2.75, 3.05) is 26.7 Å². The number of likely N-dealkylation sites (N-methyl/N-ethyl adjacent to an activating group) is 1. The van der Waals surface area contributed by atoms with Gasteiger partial charge in [0.05, 0.1) is 12.3 Å². The summed E-state index contributed by atoms with van der Waals surface area (Å²) >= 11 is 0. The molecule has 1 heterocycles. The lowest BCUT2D eigenvalue weighted by Crippen LogP contribution is -2.15. The van der Waals surface area contributed by atoms with E-state index in [4.69, 9.17) is 0 Å². The molecule has 0 aromatic carbocycles. The van der Waals surface area contributed by atoms with Gasteiger partial charge in [-0.2, -0.15) is 9.71 Å². The van der Waals surface area contributed by atoms with E-state index in [1.807, 2.05) is 11.7 Å². The lowest BCUT2D eigenvalue weighted by molar-refractivity contribution is -0.555. The number of nitrogens with zero attached hydrogens (tertiary/aromatic N) is 3. The van der Waals surface area contributed by atoms with Gasteiger partial charge < -0.3 is 0 Å². The largest absolute Gasteiger partial charge is 0.168 e. The molecule has 0 unspecified atom stereocenters. The van der Waals surface area contributed by atoms with Crippen molar-refractivity contribution in [1.82, 2.24) is 5.01 Å². The summed E-state index contributed by atoms with van der Waals surface area (Å²) in [4.78, 5) is 0. The predicted molar refractivity (Wildman–Crippen MR) is 35.3 cm³/mol. The summed E-state index contributed by atoms with van der Waals surface area (Å²) in [5.74, 6) is 0. The monoisotopic (exact) mass is 128 g/mol. The van der Waals surface area contributed by atoms with E-state index in [1.165, 1.54) is 6.42 Å². The molecule has 0 aromatic heterocycles. The number of rotatable bonds is 2. The highest BCUT2D eigenvalue weighted by Crippen LogP contribution is 1.98. The Kier molecular flexibility index (Phi) is 2.03. The van der Waals surface area contributed by atoms with Crippen LogP contribution in [-0.4, -0.2) is 36.4 Å². The van der Waals surface area contributed by atoms with Gasteiger partial charge in [-0.15, -0.1) is 0 Å². The van der Waals surface area contributed by atoms with E-state index in [9.17, 15) is 0 Å². The van der Waals surface area contributed by atoms with Crippen LogP contribution < -0.4 is 0 Å². The smallest absolute Gasteiger partial charge is 0.146 e. The Morgan fingerprint density at radius 1 is 1.67 bits per heavy atom. The summed E-state index contributed by atoms with van der Waals surface area (Å²) in [6.45, 7) is 5.46. The third-order valence-corrected chi connectivity index (χ3v) is 1.44. The summed E-state index contributed by atoms with van der Waals surface area (Å²) in [7, 11) is 2.01. The van der Waals surface area contributed by atoms with Crippen LogP contribution >= 0.6 is 0 Å². The molecule has 1 aliphatic heterocycles. The van der Waals surface area contributed by atoms with Gasteiger partial charge in [-0.25, -0.2) is 0 Å². The molecule has 0 fully saturated rings. The van der Waals surface area contributed by atoms with E-state index < -0.39 is 0 Å². The standard InChI is InChI=1S/C6H14N3/c1-3-4-9-6-5-8(2)7-9/h3-6H2,1-2H3/q+1. The van der Waals surface area contributed by atoms with Crippen molar-refractivity contribution in [2.24, 2.45) is 5.22 Å². The highest BCUT2D eigenvalue weighted by Gasteiger charge is 2.16. The van der Waals surface area contributed by atoms with Crippen LogP contribution in [0.15, 0.2) is 5.22 Å². The Labute approximate surface area is 55.9 Å². The fourth-order valence-electron chi connectivity index (χ4n) is 0.980. The van der Waals surface area contributed by atoms with Crippen molar-refractivity contribution in [3.05, 3.63) is 0 Å². The Morgan fingerprint density at radius 2 is 2.44 bits per heavy atom. The molecule has 1 rings (SSSR count). The van der Waals surface area contributed by atoms with Gasteiger partial charge in [0, 0.05) is 0 Å². The first kappa shape index (κ1) is 6.52. The third-order valence-electron chi connectivity index (χ3n) is 1.44. The van der Waals surface area contributed by atoms with Gasteiger partial charge in [0.15, 0.2) is 0 Å². The Morgan fingerprint density at radius 3 is 2.89 bits per heavy atom. The van der Waals surface area contributed by atoms with Gasteiger partial charge in [0.2, 0.25) is 0 Å². The van der Waals surface area contributed by atoms with Crippen LogP contribution in [0.1, 0.15) is 13.3 Å². The predicted octanol–water partition coefficient (Wildman–Crippen LogP) is 0.722. The van der Waals surface area contributed by atoms with Crippen molar-refractivity contribution >= 4 is 0 Å². The van der Waals surface area contributed by atoms with Crippen LogP contribution in [0.25, 0.3) is 0 Å². The molecule has 9 heavy (non-hydrogen) atoms. The van der Waals surface area contributed by atoms with Gasteiger partial charge in [-0.1, -0.05) is 6.92 Å². The molecular formula is C6H14N3+.